The number of benzene rings is 1. The van der Waals surface area contributed by atoms with Gasteiger partial charge in [-0.3, -0.25) is 14.3 Å². The average Bonchev–Trinajstić information content (AvgIpc) is 3.14. The molecule has 0 spiro atoms. The number of hydrogen-bond acceptors (Lipinski definition) is 5. The maximum Gasteiger partial charge on any atom is 0.254 e. The first-order valence-corrected chi connectivity index (χ1v) is 9.78. The SMILES string of the molecule is COc1cc(OC)cc(C(=O)NC[C@@H]2CCn3ncc(C(=O)NC(C)C)c3C2)c1. The van der Waals surface area contributed by atoms with Crippen LogP contribution in [0.4, 0.5) is 0 Å². The lowest BCUT2D eigenvalue weighted by Crippen LogP contribution is -2.35. The second kappa shape index (κ2) is 8.98. The Bertz CT molecular complexity index is 869. The predicted octanol–water partition coefficient (Wildman–Crippen LogP) is 2.03. The number of fused-ring (bicyclic) bond motifs is 1. The zero-order valence-corrected chi connectivity index (χ0v) is 17.3. The fourth-order valence-corrected chi connectivity index (χ4v) is 3.48. The van der Waals surface area contributed by atoms with Crippen molar-refractivity contribution in [2.45, 2.75) is 39.3 Å². The number of nitrogens with zero attached hydrogens (tertiary/aromatic N) is 2. The molecule has 2 aromatic rings. The standard InChI is InChI=1S/C21H28N4O4/c1-13(2)24-21(27)18-12-23-25-6-5-14(7-19(18)25)11-22-20(26)15-8-16(28-3)10-17(9-15)29-4/h8-10,12-14H,5-7,11H2,1-4H3,(H,22,26)(H,24,27)/t14-/m1/s1. The molecule has 8 nitrogen and oxygen atoms in total. The van der Waals surface area contributed by atoms with Crippen LogP contribution in [-0.4, -0.2) is 48.4 Å². The summed E-state index contributed by atoms with van der Waals surface area (Å²) in [6.07, 6.45) is 3.22. The van der Waals surface area contributed by atoms with E-state index in [4.69, 9.17) is 9.47 Å². The van der Waals surface area contributed by atoms with E-state index in [0.717, 1.165) is 18.7 Å². The van der Waals surface area contributed by atoms with Gasteiger partial charge in [-0.1, -0.05) is 0 Å². The number of ether oxygens (including phenoxy) is 2. The van der Waals surface area contributed by atoms with Crippen molar-refractivity contribution in [3.8, 4) is 11.5 Å². The fourth-order valence-electron chi connectivity index (χ4n) is 3.48. The van der Waals surface area contributed by atoms with E-state index in [1.807, 2.05) is 18.5 Å². The highest BCUT2D eigenvalue weighted by Crippen LogP contribution is 2.24. The molecule has 1 aliphatic heterocycles. The van der Waals surface area contributed by atoms with E-state index < -0.39 is 0 Å². The van der Waals surface area contributed by atoms with Crippen LogP contribution in [-0.2, 0) is 13.0 Å². The summed E-state index contributed by atoms with van der Waals surface area (Å²) in [5.41, 5.74) is 2.03. The first-order valence-electron chi connectivity index (χ1n) is 9.78. The summed E-state index contributed by atoms with van der Waals surface area (Å²) in [5.74, 6) is 1.09. The first-order chi connectivity index (χ1) is 13.9. The maximum absolute atomic E-state index is 12.6. The Labute approximate surface area is 170 Å². The van der Waals surface area contributed by atoms with Crippen LogP contribution in [0.15, 0.2) is 24.4 Å². The van der Waals surface area contributed by atoms with E-state index in [2.05, 4.69) is 15.7 Å². The topological polar surface area (TPSA) is 94.5 Å². The van der Waals surface area contributed by atoms with E-state index in [9.17, 15) is 9.59 Å². The molecule has 1 atom stereocenters. The Morgan fingerprint density at radius 2 is 1.86 bits per heavy atom. The lowest BCUT2D eigenvalue weighted by atomic mass is 9.94. The van der Waals surface area contributed by atoms with Crippen LogP contribution in [0, 0.1) is 5.92 Å². The number of aryl methyl sites for hydroxylation is 1. The summed E-state index contributed by atoms with van der Waals surface area (Å²) in [6.45, 7) is 5.12. The zero-order valence-electron chi connectivity index (χ0n) is 17.3. The lowest BCUT2D eigenvalue weighted by Gasteiger charge is -2.24. The molecule has 0 aliphatic carbocycles. The predicted molar refractivity (Wildman–Crippen MR) is 109 cm³/mol. The summed E-state index contributed by atoms with van der Waals surface area (Å²) in [4.78, 5) is 25.0. The highest BCUT2D eigenvalue weighted by Gasteiger charge is 2.26. The van der Waals surface area contributed by atoms with Crippen molar-refractivity contribution in [1.82, 2.24) is 20.4 Å². The summed E-state index contributed by atoms with van der Waals surface area (Å²) >= 11 is 0. The van der Waals surface area contributed by atoms with E-state index in [-0.39, 0.29) is 23.8 Å². The number of aromatic nitrogens is 2. The molecular weight excluding hydrogens is 372 g/mol. The number of amides is 2. The quantitative estimate of drug-likeness (QED) is 0.742. The minimum absolute atomic E-state index is 0.0663. The molecule has 156 valence electrons. The third-order valence-corrected chi connectivity index (χ3v) is 5.01. The average molecular weight is 400 g/mol. The monoisotopic (exact) mass is 400 g/mol. The largest absolute Gasteiger partial charge is 0.497 e. The van der Waals surface area contributed by atoms with Crippen LogP contribution in [0.2, 0.25) is 0 Å². The van der Waals surface area contributed by atoms with E-state index >= 15 is 0 Å². The van der Waals surface area contributed by atoms with Gasteiger partial charge in [0.1, 0.15) is 11.5 Å². The molecule has 0 saturated heterocycles. The van der Waals surface area contributed by atoms with Crippen LogP contribution in [0.1, 0.15) is 46.7 Å². The van der Waals surface area contributed by atoms with Crippen molar-refractivity contribution in [1.29, 1.82) is 0 Å². The molecule has 2 amide bonds. The Morgan fingerprint density at radius 1 is 1.17 bits per heavy atom. The summed E-state index contributed by atoms with van der Waals surface area (Å²) < 4.78 is 12.3. The van der Waals surface area contributed by atoms with Crippen molar-refractivity contribution < 1.29 is 19.1 Å². The van der Waals surface area contributed by atoms with Crippen LogP contribution < -0.4 is 20.1 Å². The van der Waals surface area contributed by atoms with Gasteiger partial charge in [0.15, 0.2) is 0 Å². The third kappa shape index (κ3) is 4.88. The molecule has 1 aromatic carbocycles. The molecule has 0 fully saturated rings. The van der Waals surface area contributed by atoms with Crippen LogP contribution in [0.3, 0.4) is 0 Å². The number of methoxy groups -OCH3 is 2. The smallest absolute Gasteiger partial charge is 0.254 e. The lowest BCUT2D eigenvalue weighted by molar-refractivity contribution is 0.0929. The summed E-state index contributed by atoms with van der Waals surface area (Å²) in [6, 6.07) is 5.16. The molecule has 0 saturated carbocycles. The number of nitrogens with one attached hydrogen (secondary N) is 2. The highest BCUT2D eigenvalue weighted by atomic mass is 16.5. The van der Waals surface area contributed by atoms with Gasteiger partial charge in [-0.05, 0) is 44.7 Å². The van der Waals surface area contributed by atoms with Crippen LogP contribution in [0.25, 0.3) is 0 Å². The molecule has 1 aliphatic rings. The van der Waals surface area contributed by atoms with Crippen molar-refractivity contribution >= 4 is 11.8 Å². The van der Waals surface area contributed by atoms with Gasteiger partial charge < -0.3 is 20.1 Å². The molecule has 2 heterocycles. The minimum atomic E-state index is -0.181. The highest BCUT2D eigenvalue weighted by molar-refractivity contribution is 5.95. The molecule has 8 heteroatoms. The van der Waals surface area contributed by atoms with Gasteiger partial charge in [0, 0.05) is 30.8 Å². The number of rotatable bonds is 7. The van der Waals surface area contributed by atoms with Gasteiger partial charge >= 0.3 is 0 Å². The molecule has 3 rings (SSSR count). The second-order valence-corrected chi connectivity index (χ2v) is 7.53. The molecule has 29 heavy (non-hydrogen) atoms. The summed E-state index contributed by atoms with van der Waals surface area (Å²) in [5, 5.41) is 10.3. The van der Waals surface area contributed by atoms with Crippen molar-refractivity contribution in [3.05, 3.63) is 41.2 Å². The Hall–Kier alpha value is -3.03. The molecule has 1 aromatic heterocycles. The second-order valence-electron chi connectivity index (χ2n) is 7.53. The van der Waals surface area contributed by atoms with Gasteiger partial charge in [0.05, 0.1) is 31.7 Å². The molecular formula is C21H28N4O4. The van der Waals surface area contributed by atoms with Gasteiger partial charge in [-0.15, -0.1) is 0 Å². The molecule has 0 unspecified atom stereocenters. The van der Waals surface area contributed by atoms with Gasteiger partial charge in [-0.2, -0.15) is 5.10 Å². The van der Waals surface area contributed by atoms with E-state index in [1.165, 1.54) is 0 Å². The van der Waals surface area contributed by atoms with E-state index in [0.29, 0.717) is 35.6 Å². The number of hydrogen-bond donors (Lipinski definition) is 2. The number of carbonyl (C=O) groups is 2. The van der Waals surface area contributed by atoms with Crippen molar-refractivity contribution in [3.63, 3.8) is 0 Å². The van der Waals surface area contributed by atoms with Crippen LogP contribution in [0.5, 0.6) is 11.5 Å². The third-order valence-electron chi connectivity index (χ3n) is 5.01. The van der Waals surface area contributed by atoms with E-state index in [1.54, 1.807) is 38.6 Å². The zero-order chi connectivity index (χ0) is 21.0. The minimum Gasteiger partial charge on any atom is -0.497 e. The van der Waals surface area contributed by atoms with Crippen molar-refractivity contribution in [2.75, 3.05) is 20.8 Å². The molecule has 0 radical (unpaired) electrons. The van der Waals surface area contributed by atoms with Gasteiger partial charge in [0.25, 0.3) is 11.8 Å². The fraction of sp³-hybridized carbons (Fsp3) is 0.476. The number of carbonyl (C=O) groups excluding carboxylic acids is 2. The Morgan fingerprint density at radius 3 is 2.48 bits per heavy atom. The molecule has 0 bridgehead atoms. The first kappa shape index (κ1) is 20.7. The van der Waals surface area contributed by atoms with Crippen LogP contribution >= 0.6 is 0 Å². The van der Waals surface area contributed by atoms with Gasteiger partial charge in [0.2, 0.25) is 0 Å². The summed E-state index contributed by atoms with van der Waals surface area (Å²) in [7, 11) is 3.10. The maximum atomic E-state index is 12.6. The normalized spacial score (nSPS) is 15.6. The van der Waals surface area contributed by atoms with Gasteiger partial charge in [-0.25, -0.2) is 0 Å². The van der Waals surface area contributed by atoms with Crippen molar-refractivity contribution in [2.24, 2.45) is 5.92 Å². The Balaban J connectivity index is 1.64. The molecule has 2 N–H and O–H groups in total. The Kier molecular flexibility index (Phi) is 6.41.